The van der Waals surface area contributed by atoms with Gasteiger partial charge in [-0.25, -0.2) is 0 Å². The first-order valence-electron chi connectivity index (χ1n) is 9.29. The standard InChI is InChI=1S/C24H18N2O4/c1-30-23-14-12-19(16-22(23)26(28)29)24(27)25(20-9-3-2-4-10-20)21-13-11-17-7-5-6-8-18(17)15-21/h2-16H,1H3. The summed E-state index contributed by atoms with van der Waals surface area (Å²) in [5, 5.41) is 13.5. The van der Waals surface area contributed by atoms with Crippen molar-refractivity contribution in [2.45, 2.75) is 0 Å². The highest BCUT2D eigenvalue weighted by Gasteiger charge is 2.24. The van der Waals surface area contributed by atoms with E-state index in [9.17, 15) is 14.9 Å². The SMILES string of the molecule is COc1ccc(C(=O)N(c2ccccc2)c2ccc3ccccc3c2)cc1[N+](=O)[O-]. The summed E-state index contributed by atoms with van der Waals surface area (Å²) < 4.78 is 5.05. The number of methoxy groups -OCH3 is 1. The van der Waals surface area contributed by atoms with Gasteiger partial charge in [-0.3, -0.25) is 19.8 Å². The monoisotopic (exact) mass is 398 g/mol. The van der Waals surface area contributed by atoms with Crippen molar-refractivity contribution in [1.82, 2.24) is 0 Å². The number of ether oxygens (including phenoxy) is 1. The molecule has 0 radical (unpaired) electrons. The van der Waals surface area contributed by atoms with E-state index in [0.29, 0.717) is 11.4 Å². The molecule has 148 valence electrons. The van der Waals surface area contributed by atoms with E-state index in [4.69, 9.17) is 4.74 Å². The lowest BCUT2D eigenvalue weighted by Crippen LogP contribution is -2.26. The average molecular weight is 398 g/mol. The van der Waals surface area contributed by atoms with Gasteiger partial charge < -0.3 is 4.74 Å². The number of hydrogen-bond acceptors (Lipinski definition) is 4. The highest BCUT2D eigenvalue weighted by atomic mass is 16.6. The summed E-state index contributed by atoms with van der Waals surface area (Å²) >= 11 is 0. The highest BCUT2D eigenvalue weighted by molar-refractivity contribution is 6.12. The number of fused-ring (bicyclic) bond motifs is 1. The molecule has 4 aromatic rings. The van der Waals surface area contributed by atoms with Gasteiger partial charge in [0.05, 0.1) is 12.0 Å². The Morgan fingerprint density at radius 2 is 1.53 bits per heavy atom. The fourth-order valence-electron chi connectivity index (χ4n) is 3.37. The van der Waals surface area contributed by atoms with Crippen molar-refractivity contribution in [3.63, 3.8) is 0 Å². The fourth-order valence-corrected chi connectivity index (χ4v) is 3.37. The number of nitro benzene ring substituents is 1. The molecule has 0 spiro atoms. The summed E-state index contributed by atoms with van der Waals surface area (Å²) in [4.78, 5) is 25.9. The number of amides is 1. The molecule has 0 N–H and O–H groups in total. The predicted molar refractivity (Wildman–Crippen MR) is 117 cm³/mol. The van der Waals surface area contributed by atoms with Crippen molar-refractivity contribution >= 4 is 33.7 Å². The molecule has 0 aliphatic carbocycles. The van der Waals surface area contributed by atoms with Gasteiger partial charge >= 0.3 is 5.69 Å². The minimum Gasteiger partial charge on any atom is -0.490 e. The van der Waals surface area contributed by atoms with Crippen LogP contribution in [0, 0.1) is 10.1 Å². The van der Waals surface area contributed by atoms with Crippen molar-refractivity contribution in [3.05, 3.63) is 107 Å². The normalized spacial score (nSPS) is 10.6. The van der Waals surface area contributed by atoms with Gasteiger partial charge in [0.25, 0.3) is 5.91 Å². The summed E-state index contributed by atoms with van der Waals surface area (Å²) in [6, 6.07) is 27.0. The van der Waals surface area contributed by atoms with Crippen molar-refractivity contribution in [2.75, 3.05) is 12.0 Å². The van der Waals surface area contributed by atoms with E-state index in [-0.39, 0.29) is 22.9 Å². The van der Waals surface area contributed by atoms with E-state index in [1.807, 2.05) is 72.8 Å². The van der Waals surface area contributed by atoms with Gasteiger partial charge in [0.1, 0.15) is 0 Å². The predicted octanol–water partition coefficient (Wildman–Crippen LogP) is 5.74. The minimum atomic E-state index is -0.557. The van der Waals surface area contributed by atoms with E-state index in [1.165, 1.54) is 25.3 Å². The first-order valence-corrected chi connectivity index (χ1v) is 9.29. The summed E-state index contributed by atoms with van der Waals surface area (Å²) in [5.74, 6) is -0.268. The molecule has 6 heteroatoms. The van der Waals surface area contributed by atoms with Gasteiger partial charge in [0, 0.05) is 23.0 Å². The second-order valence-corrected chi connectivity index (χ2v) is 6.65. The molecule has 0 unspecified atom stereocenters. The van der Waals surface area contributed by atoms with Gasteiger partial charge in [0.15, 0.2) is 5.75 Å². The number of rotatable bonds is 5. The number of anilines is 2. The number of nitrogens with zero attached hydrogens (tertiary/aromatic N) is 2. The highest BCUT2D eigenvalue weighted by Crippen LogP contribution is 2.33. The Morgan fingerprint density at radius 3 is 2.23 bits per heavy atom. The van der Waals surface area contributed by atoms with E-state index < -0.39 is 4.92 Å². The van der Waals surface area contributed by atoms with Crippen LogP contribution in [-0.4, -0.2) is 17.9 Å². The summed E-state index contributed by atoms with van der Waals surface area (Å²) in [7, 11) is 1.36. The third-order valence-electron chi connectivity index (χ3n) is 4.83. The smallest absolute Gasteiger partial charge is 0.311 e. The van der Waals surface area contributed by atoms with Crippen LogP contribution in [0.3, 0.4) is 0 Å². The quantitative estimate of drug-likeness (QED) is 0.318. The van der Waals surface area contributed by atoms with E-state index in [0.717, 1.165) is 10.8 Å². The van der Waals surface area contributed by atoms with Crippen LogP contribution in [-0.2, 0) is 0 Å². The molecule has 0 bridgehead atoms. The van der Waals surface area contributed by atoms with Crippen LogP contribution in [0.15, 0.2) is 91.0 Å². The van der Waals surface area contributed by atoms with Crippen LogP contribution in [0.5, 0.6) is 5.75 Å². The maximum Gasteiger partial charge on any atom is 0.311 e. The van der Waals surface area contributed by atoms with Gasteiger partial charge in [-0.15, -0.1) is 0 Å². The molecule has 0 heterocycles. The fraction of sp³-hybridized carbons (Fsp3) is 0.0417. The molecule has 0 aliphatic rings. The van der Waals surface area contributed by atoms with Crippen molar-refractivity contribution < 1.29 is 14.5 Å². The number of nitro groups is 1. The van der Waals surface area contributed by atoms with Crippen LogP contribution >= 0.6 is 0 Å². The Labute approximate surface area is 173 Å². The molecule has 0 aromatic heterocycles. The number of benzene rings is 4. The first kappa shape index (κ1) is 19.1. The third-order valence-corrected chi connectivity index (χ3v) is 4.83. The zero-order chi connectivity index (χ0) is 21.1. The lowest BCUT2D eigenvalue weighted by atomic mass is 10.1. The maximum atomic E-state index is 13.5. The van der Waals surface area contributed by atoms with E-state index in [2.05, 4.69) is 0 Å². The van der Waals surface area contributed by atoms with Crippen LogP contribution in [0.25, 0.3) is 10.8 Å². The minimum absolute atomic E-state index is 0.105. The van der Waals surface area contributed by atoms with Gasteiger partial charge in [-0.05, 0) is 47.2 Å². The molecular formula is C24H18N2O4. The van der Waals surface area contributed by atoms with Crippen molar-refractivity contribution in [3.8, 4) is 5.75 Å². The lowest BCUT2D eigenvalue weighted by molar-refractivity contribution is -0.385. The Hall–Kier alpha value is -4.19. The molecule has 1 amide bonds. The zero-order valence-corrected chi connectivity index (χ0v) is 16.2. The Kier molecular flexibility index (Phi) is 5.13. The van der Waals surface area contributed by atoms with Crippen LogP contribution < -0.4 is 9.64 Å². The van der Waals surface area contributed by atoms with Crippen LogP contribution in [0.1, 0.15) is 10.4 Å². The first-order chi connectivity index (χ1) is 14.6. The number of carbonyl (C=O) groups excluding carboxylic acids is 1. The van der Waals surface area contributed by atoms with Gasteiger partial charge in [0.2, 0.25) is 0 Å². The topological polar surface area (TPSA) is 72.7 Å². The molecule has 0 fully saturated rings. The zero-order valence-electron chi connectivity index (χ0n) is 16.2. The van der Waals surface area contributed by atoms with Gasteiger partial charge in [-0.1, -0.05) is 48.5 Å². The third kappa shape index (κ3) is 3.58. The number of carbonyl (C=O) groups is 1. The summed E-state index contributed by atoms with van der Waals surface area (Å²) in [6.45, 7) is 0. The Morgan fingerprint density at radius 1 is 0.833 bits per heavy atom. The summed E-state index contributed by atoms with van der Waals surface area (Å²) in [6.07, 6.45) is 0. The molecule has 0 saturated heterocycles. The van der Waals surface area contributed by atoms with Crippen molar-refractivity contribution in [2.24, 2.45) is 0 Å². The molecule has 6 nitrogen and oxygen atoms in total. The second-order valence-electron chi connectivity index (χ2n) is 6.65. The van der Waals surface area contributed by atoms with E-state index in [1.54, 1.807) is 4.90 Å². The molecule has 0 aliphatic heterocycles. The molecule has 4 rings (SSSR count). The average Bonchev–Trinajstić information content (AvgIpc) is 2.79. The van der Waals surface area contributed by atoms with Gasteiger partial charge in [-0.2, -0.15) is 0 Å². The lowest BCUT2D eigenvalue weighted by Gasteiger charge is -2.23. The molecule has 4 aromatic carbocycles. The van der Waals surface area contributed by atoms with E-state index >= 15 is 0 Å². The number of hydrogen-bond donors (Lipinski definition) is 0. The number of para-hydroxylation sites is 1. The molecule has 30 heavy (non-hydrogen) atoms. The molecule has 0 saturated carbocycles. The van der Waals surface area contributed by atoms with Crippen LogP contribution in [0.4, 0.5) is 17.1 Å². The largest absolute Gasteiger partial charge is 0.490 e. The van der Waals surface area contributed by atoms with Crippen molar-refractivity contribution in [1.29, 1.82) is 0 Å². The maximum absolute atomic E-state index is 13.5. The Bertz CT molecular complexity index is 1240. The van der Waals surface area contributed by atoms with Crippen LogP contribution in [0.2, 0.25) is 0 Å². The molecule has 0 atom stereocenters. The Balaban J connectivity index is 1.85. The molecular weight excluding hydrogens is 380 g/mol. The summed E-state index contributed by atoms with van der Waals surface area (Å²) in [5.41, 5.74) is 1.27. The second kappa shape index (κ2) is 8.05.